The van der Waals surface area contributed by atoms with Gasteiger partial charge in [-0.05, 0) is 53.6 Å². The van der Waals surface area contributed by atoms with E-state index >= 15 is 0 Å². The van der Waals surface area contributed by atoms with Gasteiger partial charge in [0.2, 0.25) is 11.8 Å². The van der Waals surface area contributed by atoms with E-state index in [-0.39, 0.29) is 17.5 Å². The maximum Gasteiger partial charge on any atom is 0.363 e. The topological polar surface area (TPSA) is 86.2 Å². The van der Waals surface area contributed by atoms with Crippen molar-refractivity contribution in [1.29, 1.82) is 0 Å². The van der Waals surface area contributed by atoms with Crippen molar-refractivity contribution < 1.29 is 23.8 Å². The Kier molecular flexibility index (Phi) is 6.50. The van der Waals surface area contributed by atoms with Crippen LogP contribution in [0.2, 0.25) is 0 Å². The van der Waals surface area contributed by atoms with Gasteiger partial charge in [-0.15, -0.1) is 0 Å². The van der Waals surface area contributed by atoms with Gasteiger partial charge in [-0.1, -0.05) is 36.4 Å². The maximum absolute atomic E-state index is 12.4. The minimum atomic E-state index is -0.543. The van der Waals surface area contributed by atoms with Crippen LogP contribution < -0.4 is 14.8 Å². The number of nitrogens with zero attached hydrogens (tertiary/aromatic N) is 1. The van der Waals surface area contributed by atoms with Crippen LogP contribution in [0, 0.1) is 0 Å². The molecule has 0 saturated heterocycles. The van der Waals surface area contributed by atoms with E-state index in [1.165, 1.54) is 6.92 Å². The van der Waals surface area contributed by atoms with Crippen molar-refractivity contribution >= 4 is 29.5 Å². The van der Waals surface area contributed by atoms with Gasteiger partial charge < -0.3 is 19.5 Å². The number of esters is 1. The Morgan fingerprint density at radius 1 is 1.03 bits per heavy atom. The number of carbonyl (C=O) groups excluding carboxylic acids is 2. The number of nitrogens with one attached hydrogen (secondary N) is 1. The largest absolute Gasteiger partial charge is 0.493 e. The average molecular weight is 442 g/mol. The number of aliphatic imine (C=N–C) groups is 1. The molecule has 3 aromatic carbocycles. The molecule has 3 aromatic rings. The summed E-state index contributed by atoms with van der Waals surface area (Å²) in [5.41, 5.74) is 3.20. The van der Waals surface area contributed by atoms with Crippen molar-refractivity contribution in [2.24, 2.45) is 4.99 Å². The molecule has 7 heteroatoms. The molecule has 7 nitrogen and oxygen atoms in total. The quantitative estimate of drug-likeness (QED) is 0.428. The number of amides is 1. The standard InChI is InChI=1S/C26H22N2O5/c1-17(29)27-21-11-9-20(10-12-21)25-28-22(26(30)33-25)14-19-8-13-23(31-2)24(15-19)32-16-18-6-4-3-5-7-18/h3-15H,16H2,1-2H3,(H,27,29)/b22-14+. The number of carbonyl (C=O) groups is 2. The molecular formula is C26H22N2O5. The number of hydrogen-bond acceptors (Lipinski definition) is 6. The number of methoxy groups -OCH3 is 1. The van der Waals surface area contributed by atoms with Gasteiger partial charge in [0, 0.05) is 18.2 Å². The molecule has 0 fully saturated rings. The third-order valence-corrected chi connectivity index (χ3v) is 4.80. The summed E-state index contributed by atoms with van der Waals surface area (Å²) in [4.78, 5) is 27.9. The molecule has 1 N–H and O–H groups in total. The highest BCUT2D eigenvalue weighted by molar-refractivity contribution is 6.13. The van der Waals surface area contributed by atoms with Crippen molar-refractivity contribution in [2.75, 3.05) is 12.4 Å². The second-order valence-electron chi connectivity index (χ2n) is 7.28. The van der Waals surface area contributed by atoms with Crippen molar-refractivity contribution in [1.82, 2.24) is 0 Å². The summed E-state index contributed by atoms with van der Waals surface area (Å²) in [6, 6.07) is 22.1. The molecule has 0 atom stereocenters. The Morgan fingerprint density at radius 2 is 1.79 bits per heavy atom. The molecule has 1 aliphatic heterocycles. The van der Waals surface area contributed by atoms with Crippen LogP contribution in [0.1, 0.15) is 23.6 Å². The highest BCUT2D eigenvalue weighted by atomic mass is 16.6. The van der Waals surface area contributed by atoms with Gasteiger partial charge in [0.05, 0.1) is 7.11 Å². The number of rotatable bonds is 7. The van der Waals surface area contributed by atoms with E-state index in [0.29, 0.717) is 29.4 Å². The number of benzene rings is 3. The van der Waals surface area contributed by atoms with Crippen molar-refractivity contribution in [3.63, 3.8) is 0 Å². The predicted octanol–water partition coefficient (Wildman–Crippen LogP) is 4.58. The van der Waals surface area contributed by atoms with Crippen LogP contribution in [-0.2, 0) is 20.9 Å². The van der Waals surface area contributed by atoms with E-state index in [1.807, 2.05) is 36.4 Å². The van der Waals surface area contributed by atoms with Gasteiger partial charge >= 0.3 is 5.97 Å². The van der Waals surface area contributed by atoms with Gasteiger partial charge in [-0.25, -0.2) is 9.79 Å². The average Bonchev–Trinajstić information content (AvgIpc) is 3.18. The van der Waals surface area contributed by atoms with Gasteiger partial charge in [0.25, 0.3) is 0 Å². The first kappa shape index (κ1) is 21.8. The fraction of sp³-hybridized carbons (Fsp3) is 0.115. The van der Waals surface area contributed by atoms with Crippen LogP contribution >= 0.6 is 0 Å². The predicted molar refractivity (Wildman–Crippen MR) is 125 cm³/mol. The first-order valence-corrected chi connectivity index (χ1v) is 10.3. The zero-order chi connectivity index (χ0) is 23.2. The van der Waals surface area contributed by atoms with Crippen LogP contribution in [0.25, 0.3) is 6.08 Å². The molecule has 0 aromatic heterocycles. The Labute approximate surface area is 191 Å². The van der Waals surface area contributed by atoms with Gasteiger partial charge in [-0.3, -0.25) is 4.79 Å². The molecule has 0 radical (unpaired) electrons. The van der Waals surface area contributed by atoms with E-state index in [0.717, 1.165) is 11.1 Å². The minimum Gasteiger partial charge on any atom is -0.493 e. The summed E-state index contributed by atoms with van der Waals surface area (Å²) in [6.07, 6.45) is 1.63. The number of ether oxygens (including phenoxy) is 3. The summed E-state index contributed by atoms with van der Waals surface area (Å²) in [5.74, 6) is 0.641. The molecular weight excluding hydrogens is 420 g/mol. The fourth-order valence-corrected chi connectivity index (χ4v) is 3.22. The first-order chi connectivity index (χ1) is 16.0. The molecule has 1 heterocycles. The van der Waals surface area contributed by atoms with Crippen molar-refractivity contribution in [2.45, 2.75) is 13.5 Å². The molecule has 0 aliphatic carbocycles. The number of anilines is 1. The fourth-order valence-electron chi connectivity index (χ4n) is 3.22. The van der Waals surface area contributed by atoms with E-state index in [2.05, 4.69) is 10.3 Å². The SMILES string of the molecule is COc1ccc(/C=C2/N=C(c3ccc(NC(C)=O)cc3)OC2=O)cc1OCc1ccccc1. The van der Waals surface area contributed by atoms with Gasteiger partial charge in [0.1, 0.15) is 6.61 Å². The lowest BCUT2D eigenvalue weighted by molar-refractivity contribution is -0.129. The summed E-state index contributed by atoms with van der Waals surface area (Å²) >= 11 is 0. The molecule has 0 bridgehead atoms. The summed E-state index contributed by atoms with van der Waals surface area (Å²) in [6.45, 7) is 1.82. The first-order valence-electron chi connectivity index (χ1n) is 10.3. The van der Waals surface area contributed by atoms with Crippen LogP contribution in [0.3, 0.4) is 0 Å². The van der Waals surface area contributed by atoms with E-state index in [4.69, 9.17) is 14.2 Å². The molecule has 0 saturated carbocycles. The minimum absolute atomic E-state index is 0.163. The molecule has 33 heavy (non-hydrogen) atoms. The molecule has 4 rings (SSSR count). The Morgan fingerprint density at radius 3 is 2.48 bits per heavy atom. The smallest absolute Gasteiger partial charge is 0.363 e. The lowest BCUT2D eigenvalue weighted by Crippen LogP contribution is -2.07. The lowest BCUT2D eigenvalue weighted by atomic mass is 10.1. The van der Waals surface area contributed by atoms with E-state index in [1.54, 1.807) is 49.6 Å². The monoisotopic (exact) mass is 442 g/mol. The van der Waals surface area contributed by atoms with Crippen LogP contribution in [0.4, 0.5) is 5.69 Å². The molecule has 0 spiro atoms. The zero-order valence-electron chi connectivity index (χ0n) is 18.2. The highest BCUT2D eigenvalue weighted by Gasteiger charge is 2.24. The van der Waals surface area contributed by atoms with Crippen LogP contribution in [0.15, 0.2) is 83.5 Å². The highest BCUT2D eigenvalue weighted by Crippen LogP contribution is 2.30. The molecule has 0 unspecified atom stereocenters. The Bertz CT molecular complexity index is 1230. The zero-order valence-corrected chi connectivity index (χ0v) is 18.2. The second kappa shape index (κ2) is 9.82. The van der Waals surface area contributed by atoms with Crippen LogP contribution in [0.5, 0.6) is 11.5 Å². The van der Waals surface area contributed by atoms with Crippen molar-refractivity contribution in [3.05, 3.63) is 95.2 Å². The van der Waals surface area contributed by atoms with Crippen molar-refractivity contribution in [3.8, 4) is 11.5 Å². The summed E-state index contributed by atoms with van der Waals surface area (Å²) in [5, 5.41) is 2.69. The molecule has 1 amide bonds. The number of cyclic esters (lactones) is 1. The van der Waals surface area contributed by atoms with Gasteiger partial charge in [-0.2, -0.15) is 0 Å². The Balaban J connectivity index is 1.54. The second-order valence-corrected chi connectivity index (χ2v) is 7.28. The van der Waals surface area contributed by atoms with E-state index in [9.17, 15) is 9.59 Å². The Hall–Kier alpha value is -4.39. The van der Waals surface area contributed by atoms with Gasteiger partial charge in [0.15, 0.2) is 17.2 Å². The lowest BCUT2D eigenvalue weighted by Gasteiger charge is -2.11. The normalized spacial score (nSPS) is 13.9. The third-order valence-electron chi connectivity index (χ3n) is 4.80. The van der Waals surface area contributed by atoms with E-state index < -0.39 is 5.97 Å². The summed E-state index contributed by atoms with van der Waals surface area (Å²) < 4.78 is 16.7. The maximum atomic E-state index is 12.4. The third kappa shape index (κ3) is 5.46. The summed E-state index contributed by atoms with van der Waals surface area (Å²) in [7, 11) is 1.57. The molecule has 1 aliphatic rings. The molecule has 166 valence electrons. The number of hydrogen-bond donors (Lipinski definition) is 1. The van der Waals surface area contributed by atoms with Crippen LogP contribution in [-0.4, -0.2) is 24.9 Å².